The number of nitrogens with zero attached hydrogens (tertiary/aromatic N) is 3. The molecular formula is C21H24FN3O3S2. The van der Waals surface area contributed by atoms with Gasteiger partial charge in [0.1, 0.15) is 11.6 Å². The molecule has 2 aromatic rings. The molecule has 160 valence electrons. The lowest BCUT2D eigenvalue weighted by Crippen LogP contribution is -2.47. The number of halogens is 1. The lowest BCUT2D eigenvalue weighted by atomic mass is 10.1. The van der Waals surface area contributed by atoms with Crippen LogP contribution in [0.1, 0.15) is 19.2 Å². The van der Waals surface area contributed by atoms with Crippen molar-refractivity contribution >= 4 is 47.0 Å². The summed E-state index contributed by atoms with van der Waals surface area (Å²) in [6.45, 7) is 7.58. The molecule has 4 rings (SSSR count). The Morgan fingerprint density at radius 2 is 2.03 bits per heavy atom. The van der Waals surface area contributed by atoms with Crippen molar-refractivity contribution in [3.05, 3.63) is 40.0 Å². The molecule has 0 aliphatic carbocycles. The number of hydrogen-bond acceptors (Lipinski definition) is 7. The minimum absolute atomic E-state index is 0.248. The van der Waals surface area contributed by atoms with Crippen LogP contribution in [0, 0.1) is 10.3 Å². The molecule has 1 atom stereocenters. The predicted octanol–water partition coefficient (Wildman–Crippen LogP) is 4.31. The number of fused-ring (bicyclic) bond motifs is 3. The van der Waals surface area contributed by atoms with Gasteiger partial charge in [-0.25, -0.2) is 4.39 Å². The van der Waals surface area contributed by atoms with E-state index in [0.29, 0.717) is 53.2 Å². The van der Waals surface area contributed by atoms with Crippen LogP contribution in [-0.4, -0.2) is 55.8 Å². The number of thioether (sulfide) groups is 1. The third-order valence-corrected chi connectivity index (χ3v) is 7.15. The standard InChI is InChI=1S/C21H24FN3O3S2/c1-13(27-3)19(28-12-26)11-23-4-6-24(7-5-23)18-9-17-15(8-16(18)22)20(29)10-21-25(17)14(2)30-21/h8-10,12,14H,4-7,11H2,1-3H3/b19-13-. The normalized spacial score (nSPS) is 19.7. The van der Waals surface area contributed by atoms with Gasteiger partial charge in [0.2, 0.25) is 0 Å². The van der Waals surface area contributed by atoms with Crippen molar-refractivity contribution in [3.8, 4) is 0 Å². The second-order valence-electron chi connectivity index (χ2n) is 7.42. The number of methoxy groups -OCH3 is 1. The molecule has 0 bridgehead atoms. The number of carbonyl (C=O) groups is 1. The maximum atomic E-state index is 15.0. The first-order valence-corrected chi connectivity index (χ1v) is 11.1. The molecule has 0 radical (unpaired) electrons. The van der Waals surface area contributed by atoms with Crippen LogP contribution >= 0.6 is 24.0 Å². The Labute approximate surface area is 184 Å². The average molecular weight is 450 g/mol. The summed E-state index contributed by atoms with van der Waals surface area (Å²) in [4.78, 5) is 15.0. The van der Waals surface area contributed by atoms with Crippen molar-refractivity contribution in [2.75, 3.05) is 44.7 Å². The quantitative estimate of drug-likeness (QED) is 0.370. The molecule has 1 aromatic carbocycles. The largest absolute Gasteiger partial charge is 0.498 e. The minimum atomic E-state index is -0.248. The molecule has 6 nitrogen and oxygen atoms in total. The zero-order valence-corrected chi connectivity index (χ0v) is 18.8. The van der Waals surface area contributed by atoms with Crippen LogP contribution in [-0.2, 0) is 14.3 Å². The van der Waals surface area contributed by atoms with Crippen LogP contribution in [0.5, 0.6) is 0 Å². The first-order chi connectivity index (χ1) is 14.4. The van der Waals surface area contributed by atoms with E-state index in [-0.39, 0.29) is 5.82 Å². The van der Waals surface area contributed by atoms with E-state index in [0.717, 1.165) is 29.0 Å². The van der Waals surface area contributed by atoms with Gasteiger partial charge in [-0.1, -0.05) is 24.0 Å². The first kappa shape index (κ1) is 21.1. The number of anilines is 1. The van der Waals surface area contributed by atoms with Gasteiger partial charge in [-0.05, 0) is 32.0 Å². The minimum Gasteiger partial charge on any atom is -0.498 e. The fourth-order valence-electron chi connectivity index (χ4n) is 3.97. The highest BCUT2D eigenvalue weighted by atomic mass is 32.2. The topological polar surface area (TPSA) is 46.9 Å². The molecule has 2 aliphatic heterocycles. The lowest BCUT2D eigenvalue weighted by molar-refractivity contribution is -0.125. The van der Waals surface area contributed by atoms with Gasteiger partial charge >= 0.3 is 0 Å². The summed E-state index contributed by atoms with van der Waals surface area (Å²) in [7, 11) is 1.55. The van der Waals surface area contributed by atoms with Crippen LogP contribution in [0.2, 0.25) is 0 Å². The van der Waals surface area contributed by atoms with E-state index in [1.165, 1.54) is 0 Å². The van der Waals surface area contributed by atoms with E-state index in [1.54, 1.807) is 31.9 Å². The number of benzene rings is 1. The van der Waals surface area contributed by atoms with Crippen LogP contribution in [0.15, 0.2) is 34.7 Å². The summed E-state index contributed by atoms with van der Waals surface area (Å²) < 4.78 is 28.2. The van der Waals surface area contributed by atoms with Crippen molar-refractivity contribution in [1.29, 1.82) is 0 Å². The Hall–Kier alpha value is -2.10. The molecule has 0 N–H and O–H groups in total. The molecule has 1 aromatic heterocycles. The number of pyridine rings is 1. The summed E-state index contributed by atoms with van der Waals surface area (Å²) >= 11 is 7.25. The van der Waals surface area contributed by atoms with Crippen molar-refractivity contribution < 1.29 is 18.7 Å². The molecule has 30 heavy (non-hydrogen) atoms. The van der Waals surface area contributed by atoms with E-state index >= 15 is 0 Å². The third-order valence-electron chi connectivity index (χ3n) is 5.71. The van der Waals surface area contributed by atoms with E-state index in [2.05, 4.69) is 21.3 Å². The third kappa shape index (κ3) is 3.81. The van der Waals surface area contributed by atoms with E-state index in [4.69, 9.17) is 21.7 Å². The second-order valence-corrected chi connectivity index (χ2v) is 9.19. The van der Waals surface area contributed by atoms with E-state index in [1.807, 2.05) is 12.1 Å². The van der Waals surface area contributed by atoms with Gasteiger partial charge in [0.15, 0.2) is 5.76 Å². The number of hydrogen-bond donors (Lipinski definition) is 0. The second kappa shape index (κ2) is 8.56. The maximum absolute atomic E-state index is 15.0. The highest BCUT2D eigenvalue weighted by molar-refractivity contribution is 8.00. The average Bonchev–Trinajstić information content (AvgIpc) is 2.73. The number of piperazine rings is 1. The molecule has 0 amide bonds. The summed E-state index contributed by atoms with van der Waals surface area (Å²) in [5.74, 6) is 0.826. The van der Waals surface area contributed by atoms with Crippen molar-refractivity contribution in [2.45, 2.75) is 24.2 Å². The van der Waals surface area contributed by atoms with Gasteiger partial charge in [-0.15, -0.1) is 0 Å². The number of carbonyl (C=O) groups excluding carboxylic acids is 1. The molecule has 3 heterocycles. The number of ether oxygens (including phenoxy) is 2. The molecule has 0 saturated carbocycles. The van der Waals surface area contributed by atoms with Crippen molar-refractivity contribution in [2.24, 2.45) is 0 Å². The Morgan fingerprint density at radius 1 is 1.30 bits per heavy atom. The zero-order valence-electron chi connectivity index (χ0n) is 17.2. The van der Waals surface area contributed by atoms with Crippen LogP contribution in [0.3, 0.4) is 0 Å². The van der Waals surface area contributed by atoms with Gasteiger partial charge < -0.3 is 18.9 Å². The Bertz CT molecular complexity index is 1080. The van der Waals surface area contributed by atoms with E-state index in [9.17, 15) is 9.18 Å². The highest BCUT2D eigenvalue weighted by Gasteiger charge is 2.27. The van der Waals surface area contributed by atoms with Crippen LogP contribution in [0.4, 0.5) is 10.1 Å². The monoisotopic (exact) mass is 449 g/mol. The smallest absolute Gasteiger partial charge is 0.298 e. The predicted molar refractivity (Wildman–Crippen MR) is 119 cm³/mol. The summed E-state index contributed by atoms with van der Waals surface area (Å²) in [5.41, 5.74) is 1.59. The highest BCUT2D eigenvalue weighted by Crippen LogP contribution is 2.46. The van der Waals surface area contributed by atoms with Gasteiger partial charge in [0.25, 0.3) is 6.47 Å². The van der Waals surface area contributed by atoms with Crippen molar-refractivity contribution in [3.63, 3.8) is 0 Å². The van der Waals surface area contributed by atoms with Crippen LogP contribution < -0.4 is 4.90 Å². The van der Waals surface area contributed by atoms with Crippen LogP contribution in [0.25, 0.3) is 10.9 Å². The summed E-state index contributed by atoms with van der Waals surface area (Å²) in [6, 6.07) is 5.46. The molecule has 2 aliphatic rings. The Morgan fingerprint density at radius 3 is 2.67 bits per heavy atom. The van der Waals surface area contributed by atoms with Gasteiger partial charge in [0.05, 0.1) is 35.3 Å². The van der Waals surface area contributed by atoms with E-state index < -0.39 is 0 Å². The number of aromatic nitrogens is 1. The van der Waals surface area contributed by atoms with Gasteiger partial charge in [-0.3, -0.25) is 9.69 Å². The molecule has 0 spiro atoms. The molecule has 1 saturated heterocycles. The summed E-state index contributed by atoms with van der Waals surface area (Å²) in [5, 5.41) is 2.24. The number of rotatable bonds is 6. The zero-order chi connectivity index (χ0) is 21.4. The fourth-order valence-corrected chi connectivity index (χ4v) is 5.39. The molecule has 9 heteroatoms. The van der Waals surface area contributed by atoms with Crippen molar-refractivity contribution in [1.82, 2.24) is 9.47 Å². The number of allylic oxidation sites excluding steroid dienone is 1. The molecular weight excluding hydrogens is 425 g/mol. The lowest BCUT2D eigenvalue weighted by Gasteiger charge is -2.37. The first-order valence-electron chi connectivity index (χ1n) is 9.79. The fraction of sp³-hybridized carbons (Fsp3) is 0.429. The SMILES string of the molecule is CO/C(C)=C(/CN1CCN(c2cc3c(cc2F)c(=S)cc2n3C(C)S2)CC1)OC=O. The van der Waals surface area contributed by atoms with Gasteiger partial charge in [-0.2, -0.15) is 0 Å². The maximum Gasteiger partial charge on any atom is 0.298 e. The van der Waals surface area contributed by atoms with Gasteiger partial charge in [0, 0.05) is 36.1 Å². The summed E-state index contributed by atoms with van der Waals surface area (Å²) in [6.07, 6.45) is 0. The molecule has 1 fully saturated rings. The Balaban J connectivity index is 1.55. The molecule has 1 unspecified atom stereocenters. The Kier molecular flexibility index (Phi) is 6.04.